The molecule has 1 saturated heterocycles. The summed E-state index contributed by atoms with van der Waals surface area (Å²) in [7, 11) is 2.76. The Bertz CT molecular complexity index is 785. The van der Waals surface area contributed by atoms with Gasteiger partial charge in [0.15, 0.2) is 11.5 Å². The van der Waals surface area contributed by atoms with Crippen molar-refractivity contribution in [2.24, 2.45) is 0 Å². The van der Waals surface area contributed by atoms with Crippen molar-refractivity contribution in [2.45, 2.75) is 38.1 Å². The van der Waals surface area contributed by atoms with Crippen LogP contribution in [0.25, 0.3) is 6.08 Å². The molecule has 0 aromatic heterocycles. The van der Waals surface area contributed by atoms with E-state index in [0.29, 0.717) is 5.56 Å². The monoisotopic (exact) mass is 374 g/mol. The van der Waals surface area contributed by atoms with Gasteiger partial charge in [-0.05, 0) is 36.6 Å². The predicted octanol–water partition coefficient (Wildman–Crippen LogP) is 2.20. The minimum Gasteiger partial charge on any atom is -0.502 e. The zero-order chi connectivity index (χ0) is 19.6. The van der Waals surface area contributed by atoms with Gasteiger partial charge >= 0.3 is 6.03 Å². The number of imide groups is 2. The fourth-order valence-corrected chi connectivity index (χ4v) is 3.51. The van der Waals surface area contributed by atoms with Crippen LogP contribution in [0.2, 0.25) is 0 Å². The number of nitrogens with zero attached hydrogens (tertiary/aromatic N) is 1. The fourth-order valence-electron chi connectivity index (χ4n) is 3.51. The van der Waals surface area contributed by atoms with Crippen molar-refractivity contribution in [3.63, 3.8) is 0 Å². The maximum Gasteiger partial charge on any atom is 0.331 e. The molecule has 27 heavy (non-hydrogen) atoms. The summed E-state index contributed by atoms with van der Waals surface area (Å²) >= 11 is 0. The van der Waals surface area contributed by atoms with E-state index in [2.05, 4.69) is 5.32 Å². The lowest BCUT2D eigenvalue weighted by Gasteiger charge is -2.35. The molecule has 1 heterocycles. The minimum atomic E-state index is -0.747. The van der Waals surface area contributed by atoms with Gasteiger partial charge in [0.25, 0.3) is 11.8 Å². The van der Waals surface area contributed by atoms with Crippen molar-refractivity contribution in [3.8, 4) is 17.2 Å². The maximum absolute atomic E-state index is 12.9. The molecule has 8 nitrogen and oxygen atoms in total. The number of ether oxygens (including phenoxy) is 2. The lowest BCUT2D eigenvalue weighted by molar-refractivity contribution is -0.132. The van der Waals surface area contributed by atoms with Gasteiger partial charge in [-0.3, -0.25) is 19.8 Å². The number of nitrogens with one attached hydrogen (secondary N) is 1. The SMILES string of the molecule is COc1cc(/C=C2/C(=O)NC(=O)N(C3CCCCC3)C2=O)cc(OC)c1O. The average molecular weight is 374 g/mol. The number of urea groups is 1. The normalized spacial score (nSPS) is 20.0. The molecule has 0 bridgehead atoms. The lowest BCUT2D eigenvalue weighted by atomic mass is 9.93. The van der Waals surface area contributed by atoms with Crippen LogP contribution in [0.3, 0.4) is 0 Å². The van der Waals surface area contributed by atoms with Gasteiger partial charge in [0.05, 0.1) is 14.2 Å². The molecule has 8 heteroatoms. The van der Waals surface area contributed by atoms with Crippen LogP contribution in [-0.4, -0.2) is 48.1 Å². The zero-order valence-electron chi connectivity index (χ0n) is 15.3. The zero-order valence-corrected chi connectivity index (χ0v) is 15.3. The van der Waals surface area contributed by atoms with Crippen LogP contribution in [0, 0.1) is 0 Å². The van der Waals surface area contributed by atoms with Crippen molar-refractivity contribution in [3.05, 3.63) is 23.3 Å². The first kappa shape index (κ1) is 18.8. The van der Waals surface area contributed by atoms with Gasteiger partial charge in [-0.15, -0.1) is 0 Å². The number of rotatable bonds is 4. The highest BCUT2D eigenvalue weighted by molar-refractivity contribution is 6.31. The number of aromatic hydroxyl groups is 1. The second-order valence-electron chi connectivity index (χ2n) is 6.56. The number of phenols is 1. The van der Waals surface area contributed by atoms with Crippen molar-refractivity contribution in [1.82, 2.24) is 10.2 Å². The summed E-state index contributed by atoms with van der Waals surface area (Å²) in [6.45, 7) is 0. The Labute approximate surface area is 156 Å². The molecule has 4 amide bonds. The van der Waals surface area contributed by atoms with E-state index in [1.807, 2.05) is 0 Å². The van der Waals surface area contributed by atoms with Gasteiger partial charge in [0, 0.05) is 6.04 Å². The Balaban J connectivity index is 1.98. The number of methoxy groups -OCH3 is 2. The minimum absolute atomic E-state index is 0.144. The molecule has 1 saturated carbocycles. The van der Waals surface area contributed by atoms with Crippen LogP contribution in [0.1, 0.15) is 37.7 Å². The largest absolute Gasteiger partial charge is 0.502 e. The summed E-state index contributed by atoms with van der Waals surface area (Å²) in [6, 6.07) is 2.08. The number of carbonyl (C=O) groups excluding carboxylic acids is 3. The van der Waals surface area contributed by atoms with Crippen molar-refractivity contribution in [2.75, 3.05) is 14.2 Å². The Morgan fingerprint density at radius 2 is 1.67 bits per heavy atom. The van der Waals surface area contributed by atoms with Crippen LogP contribution >= 0.6 is 0 Å². The molecule has 144 valence electrons. The van der Waals surface area contributed by atoms with Crippen LogP contribution < -0.4 is 14.8 Å². The highest BCUT2D eigenvalue weighted by Crippen LogP contribution is 2.38. The Morgan fingerprint density at radius 1 is 1.07 bits per heavy atom. The van der Waals surface area contributed by atoms with Crippen LogP contribution in [0.15, 0.2) is 17.7 Å². The molecule has 0 unspecified atom stereocenters. The van der Waals surface area contributed by atoms with E-state index in [1.165, 1.54) is 32.4 Å². The molecule has 2 aliphatic rings. The van der Waals surface area contributed by atoms with E-state index < -0.39 is 17.8 Å². The summed E-state index contributed by atoms with van der Waals surface area (Å²) < 4.78 is 10.2. The Morgan fingerprint density at radius 3 is 2.22 bits per heavy atom. The average Bonchev–Trinajstić information content (AvgIpc) is 2.66. The number of hydrogen-bond donors (Lipinski definition) is 2. The van der Waals surface area contributed by atoms with E-state index in [-0.39, 0.29) is 28.9 Å². The van der Waals surface area contributed by atoms with Gasteiger partial charge in [-0.2, -0.15) is 0 Å². The van der Waals surface area contributed by atoms with Crippen LogP contribution in [0.5, 0.6) is 17.2 Å². The Kier molecular flexibility index (Phi) is 5.34. The smallest absolute Gasteiger partial charge is 0.331 e. The van der Waals surface area contributed by atoms with Crippen LogP contribution in [0.4, 0.5) is 4.79 Å². The maximum atomic E-state index is 12.9. The first-order chi connectivity index (χ1) is 13.0. The Hall–Kier alpha value is -3.03. The van der Waals surface area contributed by atoms with E-state index in [4.69, 9.17) is 9.47 Å². The second kappa shape index (κ2) is 7.69. The van der Waals surface area contributed by atoms with Crippen molar-refractivity contribution < 1.29 is 29.0 Å². The quantitative estimate of drug-likeness (QED) is 0.618. The third kappa shape index (κ3) is 3.60. The molecule has 0 atom stereocenters. The molecule has 1 aliphatic heterocycles. The predicted molar refractivity (Wildman–Crippen MR) is 96.4 cm³/mol. The summed E-state index contributed by atoms with van der Waals surface area (Å²) in [5, 5.41) is 12.2. The molecule has 1 aromatic carbocycles. The first-order valence-electron chi connectivity index (χ1n) is 8.81. The number of hydrogen-bond acceptors (Lipinski definition) is 6. The lowest BCUT2D eigenvalue weighted by Crippen LogP contribution is -2.58. The number of barbiturate groups is 1. The summed E-state index contributed by atoms with van der Waals surface area (Å²) in [5.74, 6) is -1.25. The van der Waals surface area contributed by atoms with Crippen LogP contribution in [-0.2, 0) is 9.59 Å². The topological polar surface area (TPSA) is 105 Å². The molecular weight excluding hydrogens is 352 g/mol. The van der Waals surface area contributed by atoms with Gasteiger partial charge in [-0.1, -0.05) is 19.3 Å². The van der Waals surface area contributed by atoms with Gasteiger partial charge < -0.3 is 14.6 Å². The summed E-state index contributed by atoms with van der Waals surface area (Å²) in [4.78, 5) is 38.5. The van der Waals surface area contributed by atoms with Gasteiger partial charge in [-0.25, -0.2) is 4.79 Å². The first-order valence-corrected chi connectivity index (χ1v) is 8.81. The van der Waals surface area contributed by atoms with E-state index >= 15 is 0 Å². The standard InChI is InChI=1S/C19H22N2O6/c1-26-14-9-11(10-15(27-2)16(14)22)8-13-17(23)20-19(25)21(18(13)24)12-6-4-3-5-7-12/h8-10,12,22H,3-7H2,1-2H3,(H,20,23,25)/b13-8-. The highest BCUT2D eigenvalue weighted by atomic mass is 16.5. The van der Waals surface area contributed by atoms with Crippen molar-refractivity contribution >= 4 is 23.9 Å². The van der Waals surface area contributed by atoms with Gasteiger partial charge in [0.2, 0.25) is 5.75 Å². The third-order valence-electron chi connectivity index (χ3n) is 4.89. The fraction of sp³-hybridized carbons (Fsp3) is 0.421. The highest BCUT2D eigenvalue weighted by Gasteiger charge is 2.40. The molecule has 1 aromatic rings. The van der Waals surface area contributed by atoms with E-state index in [0.717, 1.165) is 37.0 Å². The molecule has 0 radical (unpaired) electrons. The van der Waals surface area contributed by atoms with E-state index in [1.54, 1.807) is 0 Å². The number of amides is 4. The number of benzene rings is 1. The molecule has 0 spiro atoms. The third-order valence-corrected chi connectivity index (χ3v) is 4.89. The molecule has 2 N–H and O–H groups in total. The molecule has 2 fully saturated rings. The van der Waals surface area contributed by atoms with E-state index in [9.17, 15) is 19.5 Å². The molecule has 3 rings (SSSR count). The second-order valence-corrected chi connectivity index (χ2v) is 6.56. The summed E-state index contributed by atoms with van der Waals surface area (Å²) in [5.41, 5.74) is 0.285. The number of phenolic OH excluding ortho intramolecular Hbond substituents is 1. The van der Waals surface area contributed by atoms with Crippen molar-refractivity contribution in [1.29, 1.82) is 0 Å². The molecule has 1 aliphatic carbocycles. The summed E-state index contributed by atoms with van der Waals surface area (Å²) in [6.07, 6.45) is 5.81. The number of carbonyl (C=O) groups is 3. The molecular formula is C19H22N2O6. The van der Waals surface area contributed by atoms with Gasteiger partial charge in [0.1, 0.15) is 5.57 Å².